The number of nitrogens with one attached hydrogen (secondary N) is 2. The van der Waals surface area contributed by atoms with Crippen LogP contribution in [-0.2, 0) is 4.74 Å². The van der Waals surface area contributed by atoms with E-state index >= 15 is 0 Å². The van der Waals surface area contributed by atoms with Crippen LogP contribution in [0.15, 0.2) is 42.5 Å². The van der Waals surface area contributed by atoms with Gasteiger partial charge in [-0.2, -0.15) is 0 Å². The van der Waals surface area contributed by atoms with Gasteiger partial charge in [-0.05, 0) is 69.7 Å². The molecule has 28 heavy (non-hydrogen) atoms. The second kappa shape index (κ2) is 8.19. The summed E-state index contributed by atoms with van der Waals surface area (Å²) in [5, 5.41) is 7.19. The Hall–Kier alpha value is -2.60. The molecule has 0 saturated carbocycles. The summed E-state index contributed by atoms with van der Waals surface area (Å²) in [6.45, 7) is 8.23. The molecular weight excluding hydrogens is 372 g/mol. The topological polar surface area (TPSA) is 59.6 Å². The molecular formula is C22H26N2O3S. The second-order valence-corrected chi connectivity index (χ2v) is 7.91. The largest absolute Gasteiger partial charge is 0.487 e. The lowest BCUT2D eigenvalue weighted by atomic mass is 9.90. The standard InChI is InChI=1S/C22H26N2O3S/c1-5-26-20(25)15-10-11-17(14(2)12-15)23-21(28)24-18-13-22(3,4)27-19-9-7-6-8-16(18)19/h6-12,18H,5,13H2,1-4H3,(H2,23,24,28)/t18-/m1/s1. The van der Waals surface area contributed by atoms with Crippen molar-refractivity contribution >= 4 is 29.0 Å². The van der Waals surface area contributed by atoms with Crippen LogP contribution in [0.1, 0.15) is 54.7 Å². The molecule has 6 heteroatoms. The van der Waals surface area contributed by atoms with Gasteiger partial charge in [-0.25, -0.2) is 4.79 Å². The summed E-state index contributed by atoms with van der Waals surface area (Å²) in [5.74, 6) is 0.563. The zero-order chi connectivity index (χ0) is 20.3. The first-order valence-electron chi connectivity index (χ1n) is 9.42. The van der Waals surface area contributed by atoms with Crippen LogP contribution in [0.3, 0.4) is 0 Å². The van der Waals surface area contributed by atoms with Crippen molar-refractivity contribution in [3.8, 4) is 5.75 Å². The molecule has 0 fully saturated rings. The smallest absolute Gasteiger partial charge is 0.338 e. The van der Waals surface area contributed by atoms with Crippen LogP contribution in [-0.4, -0.2) is 23.3 Å². The highest BCUT2D eigenvalue weighted by atomic mass is 32.1. The minimum atomic E-state index is -0.320. The van der Waals surface area contributed by atoms with E-state index in [9.17, 15) is 4.79 Å². The van der Waals surface area contributed by atoms with E-state index in [1.807, 2.05) is 31.2 Å². The van der Waals surface area contributed by atoms with E-state index in [-0.39, 0.29) is 17.6 Å². The summed E-state index contributed by atoms with van der Waals surface area (Å²) in [7, 11) is 0. The molecule has 2 aromatic rings. The van der Waals surface area contributed by atoms with Crippen LogP contribution in [0.25, 0.3) is 0 Å². The molecule has 0 bridgehead atoms. The first kappa shape index (κ1) is 20.1. The fraction of sp³-hybridized carbons (Fsp3) is 0.364. The quantitative estimate of drug-likeness (QED) is 0.572. The van der Waals surface area contributed by atoms with Crippen molar-refractivity contribution in [2.24, 2.45) is 0 Å². The number of hydrogen-bond acceptors (Lipinski definition) is 4. The lowest BCUT2D eigenvalue weighted by Gasteiger charge is -2.38. The first-order chi connectivity index (χ1) is 13.3. The molecule has 0 amide bonds. The third-order valence-corrected chi connectivity index (χ3v) is 4.89. The summed E-state index contributed by atoms with van der Waals surface area (Å²) < 4.78 is 11.1. The number of esters is 1. The van der Waals surface area contributed by atoms with Crippen LogP contribution in [0.5, 0.6) is 5.75 Å². The maximum Gasteiger partial charge on any atom is 0.338 e. The summed E-state index contributed by atoms with van der Waals surface area (Å²) in [5.41, 5.74) is 3.12. The summed E-state index contributed by atoms with van der Waals surface area (Å²) in [4.78, 5) is 11.9. The zero-order valence-corrected chi connectivity index (χ0v) is 17.5. The number of anilines is 1. The number of aryl methyl sites for hydroxylation is 1. The van der Waals surface area contributed by atoms with Gasteiger partial charge in [0.05, 0.1) is 18.2 Å². The van der Waals surface area contributed by atoms with E-state index in [0.29, 0.717) is 17.3 Å². The molecule has 0 saturated heterocycles. The fourth-order valence-electron chi connectivity index (χ4n) is 3.39. The predicted octanol–water partition coefficient (Wildman–Crippen LogP) is 4.76. The summed E-state index contributed by atoms with van der Waals surface area (Å²) in [6.07, 6.45) is 0.798. The molecule has 5 nitrogen and oxygen atoms in total. The highest BCUT2D eigenvalue weighted by molar-refractivity contribution is 7.80. The second-order valence-electron chi connectivity index (χ2n) is 7.50. The number of fused-ring (bicyclic) bond motifs is 1. The van der Waals surface area contributed by atoms with Gasteiger partial charge in [0.2, 0.25) is 0 Å². The molecule has 1 atom stereocenters. The van der Waals surface area contributed by atoms with E-state index in [1.54, 1.807) is 19.1 Å². The molecule has 2 aromatic carbocycles. The molecule has 1 aliphatic rings. The van der Waals surface area contributed by atoms with Gasteiger partial charge in [-0.1, -0.05) is 18.2 Å². The Bertz CT molecular complexity index is 895. The molecule has 0 unspecified atom stereocenters. The minimum absolute atomic E-state index is 0.0547. The maximum absolute atomic E-state index is 11.9. The van der Waals surface area contributed by atoms with E-state index in [1.165, 1.54) is 0 Å². The van der Waals surface area contributed by atoms with Crippen LogP contribution in [0, 0.1) is 6.92 Å². The number of carbonyl (C=O) groups is 1. The Labute approximate surface area is 171 Å². The number of para-hydroxylation sites is 1. The number of thiocarbonyl (C=S) groups is 1. The molecule has 0 aliphatic carbocycles. The lowest BCUT2D eigenvalue weighted by Crippen LogP contribution is -2.42. The number of benzene rings is 2. The maximum atomic E-state index is 11.9. The Morgan fingerprint density at radius 2 is 2.04 bits per heavy atom. The van der Waals surface area contributed by atoms with Gasteiger partial charge in [0.15, 0.2) is 5.11 Å². The average molecular weight is 399 g/mol. The van der Waals surface area contributed by atoms with Crippen LogP contribution in [0.2, 0.25) is 0 Å². The molecule has 1 heterocycles. The van der Waals surface area contributed by atoms with Crippen molar-refractivity contribution in [1.82, 2.24) is 5.32 Å². The summed E-state index contributed by atoms with van der Waals surface area (Å²) in [6, 6.07) is 13.5. The van der Waals surface area contributed by atoms with E-state index in [0.717, 1.165) is 29.0 Å². The Morgan fingerprint density at radius 1 is 1.29 bits per heavy atom. The fourth-order valence-corrected chi connectivity index (χ4v) is 3.65. The van der Waals surface area contributed by atoms with Crippen LogP contribution in [0.4, 0.5) is 5.69 Å². The number of ether oxygens (including phenoxy) is 2. The lowest BCUT2D eigenvalue weighted by molar-refractivity contribution is 0.0526. The molecule has 3 rings (SSSR count). The monoisotopic (exact) mass is 398 g/mol. The van der Waals surface area contributed by atoms with Gasteiger partial charge >= 0.3 is 5.97 Å². The van der Waals surface area contributed by atoms with Gasteiger partial charge in [0.25, 0.3) is 0 Å². The molecule has 2 N–H and O–H groups in total. The predicted molar refractivity (Wildman–Crippen MR) is 115 cm³/mol. The van der Waals surface area contributed by atoms with Crippen molar-refractivity contribution < 1.29 is 14.3 Å². The van der Waals surface area contributed by atoms with Crippen molar-refractivity contribution in [2.45, 2.75) is 45.8 Å². The molecule has 1 aliphatic heterocycles. The summed E-state index contributed by atoms with van der Waals surface area (Å²) >= 11 is 5.55. The molecule has 0 spiro atoms. The van der Waals surface area contributed by atoms with Crippen molar-refractivity contribution in [1.29, 1.82) is 0 Å². The number of rotatable bonds is 4. The van der Waals surface area contributed by atoms with E-state index < -0.39 is 0 Å². The molecule has 0 aromatic heterocycles. The Kier molecular flexibility index (Phi) is 5.89. The van der Waals surface area contributed by atoms with Crippen molar-refractivity contribution in [3.63, 3.8) is 0 Å². The number of carbonyl (C=O) groups excluding carboxylic acids is 1. The van der Waals surface area contributed by atoms with Crippen molar-refractivity contribution in [2.75, 3.05) is 11.9 Å². The van der Waals surface area contributed by atoms with Gasteiger partial charge in [0, 0.05) is 17.7 Å². The Morgan fingerprint density at radius 3 is 2.75 bits per heavy atom. The average Bonchev–Trinajstić information content (AvgIpc) is 2.62. The number of hydrogen-bond donors (Lipinski definition) is 2. The van der Waals surface area contributed by atoms with E-state index in [2.05, 4.69) is 30.5 Å². The SMILES string of the molecule is CCOC(=O)c1ccc(NC(=S)N[C@@H]2CC(C)(C)Oc3ccccc32)c(C)c1. The third-order valence-electron chi connectivity index (χ3n) is 4.67. The van der Waals surface area contributed by atoms with Gasteiger partial charge < -0.3 is 20.1 Å². The van der Waals surface area contributed by atoms with Gasteiger partial charge in [0.1, 0.15) is 11.4 Å². The van der Waals surface area contributed by atoms with Gasteiger partial charge in [-0.3, -0.25) is 0 Å². The van der Waals surface area contributed by atoms with Gasteiger partial charge in [-0.15, -0.1) is 0 Å². The normalized spacial score (nSPS) is 17.1. The van der Waals surface area contributed by atoms with Crippen molar-refractivity contribution in [3.05, 3.63) is 59.2 Å². The zero-order valence-electron chi connectivity index (χ0n) is 16.7. The molecule has 148 valence electrons. The highest BCUT2D eigenvalue weighted by Crippen LogP contribution is 2.39. The van der Waals surface area contributed by atoms with Crippen LogP contribution >= 0.6 is 12.2 Å². The van der Waals surface area contributed by atoms with E-state index in [4.69, 9.17) is 21.7 Å². The molecule has 0 radical (unpaired) electrons. The minimum Gasteiger partial charge on any atom is -0.487 e. The highest BCUT2D eigenvalue weighted by Gasteiger charge is 2.33. The Balaban J connectivity index is 1.72. The first-order valence-corrected chi connectivity index (χ1v) is 9.83. The van der Waals surface area contributed by atoms with Crippen LogP contribution < -0.4 is 15.4 Å². The third kappa shape index (κ3) is 4.62.